The van der Waals surface area contributed by atoms with Gasteiger partial charge in [-0.25, -0.2) is 9.67 Å². The van der Waals surface area contributed by atoms with E-state index in [1.807, 2.05) is 41.3 Å². The van der Waals surface area contributed by atoms with Crippen molar-refractivity contribution in [1.29, 1.82) is 0 Å². The summed E-state index contributed by atoms with van der Waals surface area (Å²) in [6.45, 7) is 2.37. The van der Waals surface area contributed by atoms with E-state index in [2.05, 4.69) is 10.1 Å². The van der Waals surface area contributed by atoms with E-state index in [1.165, 1.54) is 22.7 Å². The maximum absolute atomic E-state index is 12.8. The van der Waals surface area contributed by atoms with Crippen molar-refractivity contribution in [2.24, 2.45) is 0 Å². The molecule has 4 rings (SSSR count). The molecule has 0 saturated carbocycles. The molecule has 3 aromatic heterocycles. The fraction of sp³-hybridized carbons (Fsp3) is 0.167. The van der Waals surface area contributed by atoms with Gasteiger partial charge in [0.25, 0.3) is 5.91 Å². The number of benzene rings is 1. The molecule has 0 fully saturated rings. The molecule has 0 bridgehead atoms. The monoisotopic (exact) mass is 436 g/mol. The zero-order chi connectivity index (χ0) is 19.1. The lowest BCUT2D eigenvalue weighted by molar-refractivity contribution is 0.0997. The normalized spacial score (nSPS) is 11.3. The first-order chi connectivity index (χ1) is 13.0. The Morgan fingerprint density at radius 3 is 2.70 bits per heavy atom. The molecule has 0 unspecified atom stereocenters. The number of amides is 1. The van der Waals surface area contributed by atoms with Crippen molar-refractivity contribution < 1.29 is 4.79 Å². The molecule has 4 aromatic rings. The van der Waals surface area contributed by atoms with Gasteiger partial charge in [0.2, 0.25) is 0 Å². The predicted molar refractivity (Wildman–Crippen MR) is 113 cm³/mol. The number of nitrogens with zero attached hydrogens (tertiary/aromatic N) is 4. The van der Waals surface area contributed by atoms with Crippen LogP contribution in [0.1, 0.15) is 20.9 Å². The lowest BCUT2D eigenvalue weighted by atomic mass is 10.2. The molecule has 138 valence electrons. The third-order valence-electron chi connectivity index (χ3n) is 4.20. The van der Waals surface area contributed by atoms with Crippen LogP contribution in [0.2, 0.25) is 10.0 Å². The summed E-state index contributed by atoms with van der Waals surface area (Å²) in [4.78, 5) is 20.1. The van der Waals surface area contributed by atoms with E-state index in [0.717, 1.165) is 21.5 Å². The van der Waals surface area contributed by atoms with Gasteiger partial charge in [0.05, 0.1) is 17.1 Å². The van der Waals surface area contributed by atoms with E-state index in [-0.39, 0.29) is 5.91 Å². The van der Waals surface area contributed by atoms with Crippen molar-refractivity contribution in [2.75, 3.05) is 11.9 Å². The van der Waals surface area contributed by atoms with Crippen molar-refractivity contribution in [3.05, 3.63) is 62.0 Å². The van der Waals surface area contributed by atoms with Crippen LogP contribution in [0.15, 0.2) is 35.8 Å². The standard InChI is InChI=1S/C18H14Cl2N4OS2/c1-10-11-8-15(16(25)23(2)18-21-6-7-26-18)27-17(11)24(22-10)9-12-13(19)4-3-5-14(12)20/h3-8H,9H2,1-2H3. The minimum atomic E-state index is -0.0899. The molecule has 0 aliphatic rings. The second kappa shape index (κ2) is 7.24. The first kappa shape index (κ1) is 18.4. The number of thiazole rings is 1. The molecule has 9 heteroatoms. The number of halogens is 2. The lowest BCUT2D eigenvalue weighted by Gasteiger charge is -2.12. The molecule has 0 aliphatic carbocycles. The number of thiophene rings is 1. The third-order valence-corrected chi connectivity index (χ3v) is 6.89. The topological polar surface area (TPSA) is 51.0 Å². The molecular formula is C18H14Cl2N4OS2. The minimum Gasteiger partial charge on any atom is -0.286 e. The predicted octanol–water partition coefficient (Wildman–Crippen LogP) is 5.49. The summed E-state index contributed by atoms with van der Waals surface area (Å²) < 4.78 is 1.85. The minimum absolute atomic E-state index is 0.0899. The summed E-state index contributed by atoms with van der Waals surface area (Å²) in [5.74, 6) is -0.0899. The van der Waals surface area contributed by atoms with Crippen molar-refractivity contribution in [3.8, 4) is 0 Å². The van der Waals surface area contributed by atoms with Crippen LogP contribution in [0.25, 0.3) is 10.2 Å². The number of aromatic nitrogens is 3. The highest BCUT2D eigenvalue weighted by Gasteiger charge is 2.21. The number of aryl methyl sites for hydroxylation is 1. The number of hydrogen-bond donors (Lipinski definition) is 0. The third kappa shape index (κ3) is 3.36. The Bertz CT molecular complexity index is 1110. The average Bonchev–Trinajstić information content (AvgIpc) is 3.36. The SMILES string of the molecule is Cc1nn(Cc2c(Cl)cccc2Cl)c2sc(C(=O)N(C)c3nccs3)cc12. The van der Waals surface area contributed by atoms with Gasteiger partial charge in [-0.2, -0.15) is 5.10 Å². The van der Waals surface area contributed by atoms with Gasteiger partial charge in [0, 0.05) is 39.6 Å². The summed E-state index contributed by atoms with van der Waals surface area (Å²) in [7, 11) is 1.73. The highest BCUT2D eigenvalue weighted by Crippen LogP contribution is 2.32. The van der Waals surface area contributed by atoms with Crippen molar-refractivity contribution in [2.45, 2.75) is 13.5 Å². The second-order valence-corrected chi connectivity index (χ2v) is 8.67. The Labute approximate surface area is 173 Å². The van der Waals surface area contributed by atoms with Crippen LogP contribution in [0.5, 0.6) is 0 Å². The van der Waals surface area contributed by atoms with Crippen molar-refractivity contribution in [3.63, 3.8) is 0 Å². The van der Waals surface area contributed by atoms with Crippen LogP contribution in [-0.4, -0.2) is 27.7 Å². The number of carbonyl (C=O) groups is 1. The maximum atomic E-state index is 12.8. The Morgan fingerprint density at radius 2 is 2.04 bits per heavy atom. The summed E-state index contributed by atoms with van der Waals surface area (Å²) >= 11 is 15.4. The smallest absolute Gasteiger partial charge is 0.269 e. The Balaban J connectivity index is 1.71. The number of fused-ring (bicyclic) bond motifs is 1. The van der Waals surface area contributed by atoms with Crippen LogP contribution in [0, 0.1) is 6.92 Å². The highest BCUT2D eigenvalue weighted by atomic mass is 35.5. The highest BCUT2D eigenvalue weighted by molar-refractivity contribution is 7.20. The fourth-order valence-electron chi connectivity index (χ4n) is 2.79. The van der Waals surface area contributed by atoms with Crippen LogP contribution in [-0.2, 0) is 6.54 Å². The molecule has 0 radical (unpaired) electrons. The van der Waals surface area contributed by atoms with Crippen molar-refractivity contribution in [1.82, 2.24) is 14.8 Å². The first-order valence-electron chi connectivity index (χ1n) is 8.03. The number of hydrogen-bond acceptors (Lipinski definition) is 5. The molecule has 0 aliphatic heterocycles. The molecule has 0 spiro atoms. The summed E-state index contributed by atoms with van der Waals surface area (Å²) in [6.07, 6.45) is 1.68. The number of anilines is 1. The van der Waals surface area contributed by atoms with Crippen LogP contribution < -0.4 is 4.90 Å². The Morgan fingerprint density at radius 1 is 1.30 bits per heavy atom. The Kier molecular flexibility index (Phi) is 4.94. The summed E-state index contributed by atoms with van der Waals surface area (Å²) in [5.41, 5.74) is 1.67. The number of rotatable bonds is 4. The van der Waals surface area contributed by atoms with E-state index in [9.17, 15) is 4.79 Å². The van der Waals surface area contributed by atoms with Crippen LogP contribution in [0.4, 0.5) is 5.13 Å². The van der Waals surface area contributed by atoms with E-state index in [4.69, 9.17) is 23.2 Å². The van der Waals surface area contributed by atoms with Gasteiger partial charge in [0.15, 0.2) is 5.13 Å². The van der Waals surface area contributed by atoms with Gasteiger partial charge in [-0.1, -0.05) is 29.3 Å². The van der Waals surface area contributed by atoms with E-state index >= 15 is 0 Å². The van der Waals surface area contributed by atoms with Crippen LogP contribution >= 0.6 is 45.9 Å². The Hall–Kier alpha value is -1.93. The quantitative estimate of drug-likeness (QED) is 0.424. The molecular weight excluding hydrogens is 423 g/mol. The van der Waals surface area contributed by atoms with Gasteiger partial charge >= 0.3 is 0 Å². The van der Waals surface area contributed by atoms with E-state index in [1.54, 1.807) is 18.1 Å². The van der Waals surface area contributed by atoms with Gasteiger partial charge in [0.1, 0.15) is 4.83 Å². The molecule has 0 N–H and O–H groups in total. The lowest BCUT2D eigenvalue weighted by Crippen LogP contribution is -2.25. The van der Waals surface area contributed by atoms with Crippen molar-refractivity contribution >= 4 is 67.1 Å². The zero-order valence-corrected chi connectivity index (χ0v) is 17.6. The fourth-order valence-corrected chi connectivity index (χ4v) is 5.05. The summed E-state index contributed by atoms with van der Waals surface area (Å²) in [5, 5.41) is 9.26. The van der Waals surface area contributed by atoms with Gasteiger partial charge < -0.3 is 0 Å². The molecule has 1 amide bonds. The molecule has 5 nitrogen and oxygen atoms in total. The van der Waals surface area contributed by atoms with Gasteiger partial charge in [-0.05, 0) is 25.1 Å². The number of carbonyl (C=O) groups excluding carboxylic acids is 1. The zero-order valence-electron chi connectivity index (χ0n) is 14.4. The molecule has 0 saturated heterocycles. The summed E-state index contributed by atoms with van der Waals surface area (Å²) in [6, 6.07) is 7.32. The van der Waals surface area contributed by atoms with Gasteiger partial charge in [-0.15, -0.1) is 22.7 Å². The van der Waals surface area contributed by atoms with Crippen LogP contribution in [0.3, 0.4) is 0 Å². The first-order valence-corrected chi connectivity index (χ1v) is 10.5. The molecule has 3 heterocycles. The average molecular weight is 437 g/mol. The maximum Gasteiger partial charge on any atom is 0.269 e. The largest absolute Gasteiger partial charge is 0.286 e. The molecule has 1 aromatic carbocycles. The molecule has 27 heavy (non-hydrogen) atoms. The van der Waals surface area contributed by atoms with Gasteiger partial charge in [-0.3, -0.25) is 9.69 Å². The van der Waals surface area contributed by atoms with E-state index < -0.39 is 0 Å². The van der Waals surface area contributed by atoms with E-state index in [0.29, 0.717) is 26.6 Å². The second-order valence-electron chi connectivity index (χ2n) is 5.95. The molecule has 0 atom stereocenters.